The number of benzene rings is 15. The summed E-state index contributed by atoms with van der Waals surface area (Å²) in [6.45, 7) is 0. The fourth-order valence-corrected chi connectivity index (χ4v) is 14.3. The number of hydrogen-bond acceptors (Lipinski definition) is 4. The van der Waals surface area contributed by atoms with E-state index in [1.807, 2.05) is 36.8 Å². The molecule has 15 aromatic carbocycles. The van der Waals surface area contributed by atoms with Crippen LogP contribution >= 0.6 is 0 Å². The summed E-state index contributed by atoms with van der Waals surface area (Å²) in [7, 11) is 0. The van der Waals surface area contributed by atoms with E-state index in [1.54, 1.807) is 0 Å². The molecule has 0 spiro atoms. The standard InChI is InChI=1S/C48H30N2.C44H28N2/c1-3-11-35-27-37(23-17-31(35)9-1)43-29-45-44(38-24-18-32-10-2-4-12-36(32)28-38)30-47(50-48(45)42-15-6-5-13-40(42)43)34-21-19-33(20-22-34)39-25-26-49-46-16-8-7-14-41(39)46;1-3-9-34-25-36(19-15-29(34)7-1)40-27-42-41(37-20-16-30-8-2-4-10-35(30)26-37)28-43(46-44(42)39-12-6-5-11-38(39)40)33-17-13-31(14-18-33)32-21-23-45-24-22-32/h1-30H;1-28H. The van der Waals surface area contributed by atoms with Gasteiger partial charge in [-0.1, -0.05) is 261 Å². The van der Waals surface area contributed by atoms with E-state index in [0.29, 0.717) is 0 Å². The predicted octanol–water partition coefficient (Wildman–Crippen LogP) is 24.7. The minimum absolute atomic E-state index is 0.954. The number of rotatable bonds is 8. The van der Waals surface area contributed by atoms with Gasteiger partial charge in [0.25, 0.3) is 0 Å². The Balaban J connectivity index is 0.000000141. The van der Waals surface area contributed by atoms with Gasteiger partial charge < -0.3 is 0 Å². The Hall–Kier alpha value is -12.8. The highest BCUT2D eigenvalue weighted by Crippen LogP contribution is 2.44. The van der Waals surface area contributed by atoms with E-state index in [-0.39, 0.29) is 0 Å². The van der Waals surface area contributed by atoms with E-state index in [2.05, 4.69) is 325 Å². The minimum atomic E-state index is 0.954. The number of pyridine rings is 4. The number of aromatic nitrogens is 4. The van der Waals surface area contributed by atoms with Crippen LogP contribution in [0.2, 0.25) is 0 Å². The van der Waals surface area contributed by atoms with Crippen LogP contribution in [-0.2, 0) is 0 Å². The number of hydrogen-bond donors (Lipinski definition) is 0. The van der Waals surface area contributed by atoms with Crippen molar-refractivity contribution in [3.63, 3.8) is 0 Å². The van der Waals surface area contributed by atoms with E-state index >= 15 is 0 Å². The molecule has 96 heavy (non-hydrogen) atoms. The van der Waals surface area contributed by atoms with Crippen LogP contribution < -0.4 is 0 Å². The summed E-state index contributed by atoms with van der Waals surface area (Å²) in [5.74, 6) is 0. The maximum Gasteiger partial charge on any atom is 0.0794 e. The smallest absolute Gasteiger partial charge is 0.0794 e. The fourth-order valence-electron chi connectivity index (χ4n) is 14.3. The molecule has 4 nitrogen and oxygen atoms in total. The van der Waals surface area contributed by atoms with Crippen molar-refractivity contribution in [1.82, 2.24) is 19.9 Å². The zero-order valence-corrected chi connectivity index (χ0v) is 52.3. The lowest BCUT2D eigenvalue weighted by Gasteiger charge is -2.16. The first kappa shape index (κ1) is 56.0. The second-order valence-electron chi connectivity index (χ2n) is 24.9. The molecule has 0 atom stereocenters. The molecule has 0 saturated carbocycles. The zero-order valence-electron chi connectivity index (χ0n) is 52.3. The van der Waals surface area contributed by atoms with Gasteiger partial charge in [-0.25, -0.2) is 9.97 Å². The van der Waals surface area contributed by atoms with Gasteiger partial charge in [0.2, 0.25) is 0 Å². The molecule has 4 heteroatoms. The third kappa shape index (κ3) is 10.2. The molecule has 0 aliphatic rings. The molecular formula is C92H58N4. The predicted molar refractivity (Wildman–Crippen MR) is 405 cm³/mol. The summed E-state index contributed by atoms with van der Waals surface area (Å²) in [5, 5.41) is 18.0. The first-order valence-corrected chi connectivity index (χ1v) is 32.7. The van der Waals surface area contributed by atoms with Crippen LogP contribution in [0, 0.1) is 0 Å². The molecule has 0 fully saturated rings. The molecular weight excluding hydrogens is 1160 g/mol. The van der Waals surface area contributed by atoms with Gasteiger partial charge in [0, 0.05) is 56.6 Å². The Morgan fingerprint density at radius 1 is 0.177 bits per heavy atom. The van der Waals surface area contributed by atoms with E-state index < -0.39 is 0 Å². The summed E-state index contributed by atoms with van der Waals surface area (Å²) in [4.78, 5) is 19.6. The lowest BCUT2D eigenvalue weighted by Crippen LogP contribution is -1.94. The highest BCUT2D eigenvalue weighted by atomic mass is 14.7. The van der Waals surface area contributed by atoms with Crippen molar-refractivity contribution in [2.24, 2.45) is 0 Å². The molecule has 4 aromatic heterocycles. The van der Waals surface area contributed by atoms with Gasteiger partial charge >= 0.3 is 0 Å². The first-order chi connectivity index (χ1) is 47.5. The largest absolute Gasteiger partial charge is 0.265 e. The third-order valence-corrected chi connectivity index (χ3v) is 19.2. The van der Waals surface area contributed by atoms with Crippen LogP contribution in [-0.4, -0.2) is 19.9 Å². The third-order valence-electron chi connectivity index (χ3n) is 19.2. The lowest BCUT2D eigenvalue weighted by atomic mass is 9.90. The fraction of sp³-hybridized carbons (Fsp3) is 0. The van der Waals surface area contributed by atoms with Crippen LogP contribution in [0.15, 0.2) is 352 Å². The SMILES string of the molecule is c1ccc2cc(-c3cc4c(-c5ccc6ccccc6c5)cc(-c5ccc(-c6ccnc7ccccc67)cc5)nc4c4ccccc34)ccc2c1.c1ccc2cc(-c3cc4c(-c5ccc6ccccc6c5)cc(-c5ccc(-c6ccncc6)cc5)nc4c4ccccc34)ccc2c1. The highest BCUT2D eigenvalue weighted by Gasteiger charge is 2.20. The Morgan fingerprint density at radius 3 is 0.927 bits per heavy atom. The Labute approximate surface area is 555 Å². The van der Waals surface area contributed by atoms with Crippen molar-refractivity contribution in [3.05, 3.63) is 352 Å². The van der Waals surface area contributed by atoms with Crippen molar-refractivity contribution in [2.75, 3.05) is 0 Å². The average molecular weight is 1220 g/mol. The van der Waals surface area contributed by atoms with E-state index in [0.717, 1.165) is 82.7 Å². The maximum absolute atomic E-state index is 5.45. The Bertz CT molecular complexity index is 6250. The van der Waals surface area contributed by atoms with Crippen LogP contribution in [0.4, 0.5) is 0 Å². The molecule has 0 amide bonds. The number of para-hydroxylation sites is 1. The van der Waals surface area contributed by atoms with Crippen molar-refractivity contribution in [1.29, 1.82) is 0 Å². The minimum Gasteiger partial charge on any atom is -0.265 e. The van der Waals surface area contributed by atoms with Gasteiger partial charge in [-0.15, -0.1) is 0 Å². The summed E-state index contributed by atoms with van der Waals surface area (Å²) < 4.78 is 0. The summed E-state index contributed by atoms with van der Waals surface area (Å²) in [6, 6.07) is 120. The molecule has 0 N–H and O–H groups in total. The normalized spacial score (nSPS) is 11.5. The van der Waals surface area contributed by atoms with Crippen molar-refractivity contribution < 1.29 is 0 Å². The van der Waals surface area contributed by atoms with Crippen LogP contribution in [0.3, 0.4) is 0 Å². The molecule has 4 heterocycles. The molecule has 0 radical (unpaired) electrons. The Kier molecular flexibility index (Phi) is 13.8. The van der Waals surface area contributed by atoms with E-state index in [9.17, 15) is 0 Å². The molecule has 0 aliphatic heterocycles. The quantitative estimate of drug-likeness (QED) is 0.142. The molecule has 0 unspecified atom stereocenters. The summed E-state index contributed by atoms with van der Waals surface area (Å²) in [6.07, 6.45) is 5.56. The number of nitrogens with zero attached hydrogens (tertiary/aromatic N) is 4. The van der Waals surface area contributed by atoms with Gasteiger partial charge in [0.15, 0.2) is 0 Å². The number of fused-ring (bicyclic) bond motifs is 11. The monoisotopic (exact) mass is 1220 g/mol. The summed E-state index contributed by atoms with van der Waals surface area (Å²) >= 11 is 0. The Morgan fingerprint density at radius 2 is 0.500 bits per heavy atom. The van der Waals surface area contributed by atoms with Gasteiger partial charge in [-0.2, -0.15) is 0 Å². The lowest BCUT2D eigenvalue weighted by molar-refractivity contribution is 1.33. The second kappa shape index (κ2) is 23.7. The van der Waals surface area contributed by atoms with Crippen molar-refractivity contribution in [2.45, 2.75) is 0 Å². The van der Waals surface area contributed by atoms with Crippen LogP contribution in [0.5, 0.6) is 0 Å². The average Bonchev–Trinajstić information content (AvgIpc) is 0.746. The maximum atomic E-state index is 5.45. The molecule has 0 aliphatic carbocycles. The van der Waals surface area contributed by atoms with Gasteiger partial charge in [-0.3, -0.25) is 9.97 Å². The molecule has 446 valence electrons. The zero-order chi connectivity index (χ0) is 63.5. The molecule has 0 bridgehead atoms. The second-order valence-corrected chi connectivity index (χ2v) is 24.9. The van der Waals surface area contributed by atoms with Gasteiger partial charge in [0.05, 0.1) is 27.9 Å². The van der Waals surface area contributed by atoms with E-state index in [4.69, 9.17) is 9.97 Å². The molecule has 19 aromatic rings. The topological polar surface area (TPSA) is 51.6 Å². The van der Waals surface area contributed by atoms with E-state index in [1.165, 1.54) is 104 Å². The first-order valence-electron chi connectivity index (χ1n) is 32.7. The molecule has 0 saturated heterocycles. The highest BCUT2D eigenvalue weighted by molar-refractivity contribution is 6.19. The molecule has 19 rings (SSSR count). The van der Waals surface area contributed by atoms with Crippen LogP contribution in [0.1, 0.15) is 0 Å². The van der Waals surface area contributed by atoms with Crippen LogP contribution in [0.25, 0.3) is 187 Å². The summed E-state index contributed by atoms with van der Waals surface area (Å²) in [5.41, 5.74) is 21.3. The van der Waals surface area contributed by atoms with Gasteiger partial charge in [0.1, 0.15) is 0 Å². The van der Waals surface area contributed by atoms with Crippen molar-refractivity contribution in [3.8, 4) is 89.3 Å². The van der Waals surface area contributed by atoms with Crippen molar-refractivity contribution >= 4 is 97.3 Å². The van der Waals surface area contributed by atoms with Gasteiger partial charge in [-0.05, 0) is 193 Å².